The molecule has 0 bridgehead atoms. The van der Waals surface area contributed by atoms with Crippen LogP contribution < -0.4 is 33.9 Å². The number of hydrogen-bond donors (Lipinski definition) is 0. The van der Waals surface area contributed by atoms with Crippen molar-refractivity contribution in [2.45, 2.75) is 225 Å². The minimum absolute atomic E-state index is 0.0671. The number of ether oxygens (including phenoxy) is 5. The third-order valence-electron chi connectivity index (χ3n) is 31.3. The molecule has 0 aliphatic heterocycles. The van der Waals surface area contributed by atoms with E-state index in [4.69, 9.17) is 23.7 Å². The highest BCUT2D eigenvalue weighted by Gasteiger charge is 2.58. The molecule has 103 heavy (non-hydrogen) atoms. The summed E-state index contributed by atoms with van der Waals surface area (Å²) in [5.41, 5.74) is 16.4. The summed E-state index contributed by atoms with van der Waals surface area (Å²) in [6.07, 6.45) is 17.5. The molecular weight excluding hydrogens is 1270 g/mol. The van der Waals surface area contributed by atoms with Crippen molar-refractivity contribution in [3.05, 3.63) is 182 Å². The topological polar surface area (TPSA) is 126 Å². The second kappa shape index (κ2) is 29.2. The molecule has 2 fully saturated rings. The van der Waals surface area contributed by atoms with Gasteiger partial charge in [-0.1, -0.05) is 173 Å². The molecule has 0 heterocycles. The number of methoxy groups -OCH3 is 5. The summed E-state index contributed by atoms with van der Waals surface area (Å²) >= 11 is 0. The van der Waals surface area contributed by atoms with Gasteiger partial charge in [0.2, 0.25) is 0 Å². The zero-order chi connectivity index (χ0) is 75.1. The van der Waals surface area contributed by atoms with Crippen LogP contribution in [0.4, 0.5) is 0 Å². The van der Waals surface area contributed by atoms with Crippen molar-refractivity contribution in [3.63, 3.8) is 0 Å². The Hall–Kier alpha value is -6.74. The Bertz CT molecular complexity index is 4070. The fourth-order valence-corrected chi connectivity index (χ4v) is 23.0. The molecule has 2 saturated carbocycles. The number of fused-ring (bicyclic) bond motifs is 15. The van der Waals surface area contributed by atoms with E-state index in [1.54, 1.807) is 41.1 Å². The summed E-state index contributed by atoms with van der Waals surface area (Å²) in [4.78, 5) is 25.0. The second-order valence-electron chi connectivity index (χ2n) is 36.0. The minimum Gasteiger partial charge on any atom is -0.875 e. The molecular formula is C94H126O9-2. The third-order valence-corrected chi connectivity index (χ3v) is 31.3. The van der Waals surface area contributed by atoms with Crippen molar-refractivity contribution in [1.29, 1.82) is 0 Å². The highest BCUT2D eigenvalue weighted by molar-refractivity contribution is 5.98. The number of carbonyl (C=O) groups is 2. The SMILES string of the molecule is COc1ccc2c(c1)CCC1(C)C(C)C(C)C(=O)C(C)C21.COc1ccc2c(c1)CCC1(C)C(C)C(C)C(C)(C)C(C)C21.COc1ccc2c(c1)CCC1(C)C(C)C=C([O-])C(C)C21.COc1ccc2c(c1)CCC1(C)C2C=C([O-])C(C)C1C.COc1ccc2c(c1)CCC1(C)C=C(C)C(=O)C(C)C21. The Balaban J connectivity index is 0.000000129. The maximum atomic E-state index is 12.6. The molecule has 10 aliphatic rings. The van der Waals surface area contributed by atoms with Crippen LogP contribution in [0.3, 0.4) is 0 Å². The van der Waals surface area contributed by atoms with Crippen molar-refractivity contribution >= 4 is 11.6 Å². The first kappa shape index (κ1) is 77.4. The van der Waals surface area contributed by atoms with Crippen LogP contribution in [0.5, 0.6) is 28.7 Å². The summed E-state index contributed by atoms with van der Waals surface area (Å²) < 4.78 is 26.8. The van der Waals surface area contributed by atoms with Gasteiger partial charge in [0, 0.05) is 29.6 Å². The average molecular weight is 1400 g/mol. The predicted molar refractivity (Wildman–Crippen MR) is 415 cm³/mol. The summed E-state index contributed by atoms with van der Waals surface area (Å²) in [6, 6.07) is 32.2. The van der Waals surface area contributed by atoms with Crippen LogP contribution in [0.15, 0.2) is 126 Å². The molecule has 0 amide bonds. The molecule has 0 radical (unpaired) electrons. The van der Waals surface area contributed by atoms with Gasteiger partial charge in [-0.25, -0.2) is 0 Å². The summed E-state index contributed by atoms with van der Waals surface area (Å²) in [5.74, 6) is 12.0. The Morgan fingerprint density at radius 1 is 0.359 bits per heavy atom. The first-order valence-corrected chi connectivity index (χ1v) is 39.4. The van der Waals surface area contributed by atoms with E-state index in [0.29, 0.717) is 81.3 Å². The van der Waals surface area contributed by atoms with Crippen LogP contribution in [0, 0.1) is 97.6 Å². The van der Waals surface area contributed by atoms with Gasteiger partial charge in [0.1, 0.15) is 34.5 Å². The number of carbonyl (C=O) groups excluding carboxylic acids is 2. The molecule has 5 aromatic carbocycles. The monoisotopic (exact) mass is 1400 g/mol. The lowest BCUT2D eigenvalue weighted by Gasteiger charge is -2.61. The van der Waals surface area contributed by atoms with Gasteiger partial charge in [-0.2, -0.15) is 0 Å². The summed E-state index contributed by atoms with van der Waals surface area (Å²) in [7, 11) is 8.59. The van der Waals surface area contributed by atoms with Gasteiger partial charge in [-0.3, -0.25) is 9.59 Å². The number of aryl methyl sites for hydroxylation is 5. The van der Waals surface area contributed by atoms with Gasteiger partial charge < -0.3 is 33.9 Å². The molecule has 21 unspecified atom stereocenters. The Morgan fingerprint density at radius 2 is 0.718 bits per heavy atom. The Morgan fingerprint density at radius 3 is 1.17 bits per heavy atom. The number of benzene rings is 5. The molecule has 0 N–H and O–H groups in total. The van der Waals surface area contributed by atoms with Gasteiger partial charge in [-0.05, 0) is 291 Å². The van der Waals surface area contributed by atoms with Gasteiger partial charge in [0.15, 0.2) is 5.78 Å². The first-order chi connectivity index (χ1) is 48.5. The zero-order valence-corrected chi connectivity index (χ0v) is 67.4. The molecule has 0 aromatic heterocycles. The van der Waals surface area contributed by atoms with E-state index in [9.17, 15) is 19.8 Å². The predicted octanol–water partition coefficient (Wildman–Crippen LogP) is 20.3. The highest BCUT2D eigenvalue weighted by Crippen LogP contribution is 2.67. The number of Topliss-reactive ketones (excluding diaryl/α,β-unsaturated/α-hetero) is 2. The average Bonchev–Trinajstić information content (AvgIpc) is 0.737. The van der Waals surface area contributed by atoms with E-state index < -0.39 is 0 Å². The van der Waals surface area contributed by atoms with Crippen LogP contribution in [-0.4, -0.2) is 47.1 Å². The van der Waals surface area contributed by atoms with Crippen LogP contribution in [0.1, 0.15) is 249 Å². The quantitative estimate of drug-likeness (QED) is 0.169. The van der Waals surface area contributed by atoms with E-state index in [2.05, 4.69) is 197 Å². The molecule has 15 rings (SSSR count). The Kier molecular flexibility index (Phi) is 21.9. The van der Waals surface area contributed by atoms with Crippen LogP contribution in [-0.2, 0) is 41.7 Å². The fraction of sp³-hybridized carbons (Fsp3) is 0.596. The van der Waals surface area contributed by atoms with Crippen molar-refractivity contribution in [2.24, 2.45) is 97.6 Å². The van der Waals surface area contributed by atoms with Crippen molar-refractivity contribution in [1.82, 2.24) is 0 Å². The minimum atomic E-state index is 0.0671. The highest BCUT2D eigenvalue weighted by atomic mass is 16.5. The van der Waals surface area contributed by atoms with E-state index in [0.717, 1.165) is 91.1 Å². The number of hydrogen-bond acceptors (Lipinski definition) is 9. The number of rotatable bonds is 5. The molecule has 10 aliphatic carbocycles. The number of allylic oxidation sites excluding steroid dienone is 6. The maximum absolute atomic E-state index is 12.6. The lowest BCUT2D eigenvalue weighted by molar-refractivity contribution is -0.322. The third kappa shape index (κ3) is 13.3. The van der Waals surface area contributed by atoms with E-state index in [-0.39, 0.29) is 57.2 Å². The lowest BCUT2D eigenvalue weighted by atomic mass is 9.43. The van der Waals surface area contributed by atoms with Crippen molar-refractivity contribution in [2.75, 3.05) is 35.5 Å². The Labute approximate surface area is 620 Å². The van der Waals surface area contributed by atoms with Crippen LogP contribution in [0.2, 0.25) is 0 Å². The van der Waals surface area contributed by atoms with E-state index in [1.807, 2.05) is 43.3 Å². The van der Waals surface area contributed by atoms with Crippen LogP contribution in [0.25, 0.3) is 0 Å². The van der Waals surface area contributed by atoms with Gasteiger partial charge in [0.05, 0.1) is 35.5 Å². The van der Waals surface area contributed by atoms with Gasteiger partial charge in [-0.15, -0.1) is 11.5 Å². The fourth-order valence-electron chi connectivity index (χ4n) is 23.0. The summed E-state index contributed by atoms with van der Waals surface area (Å²) in [6.45, 7) is 43.6. The van der Waals surface area contributed by atoms with Gasteiger partial charge >= 0.3 is 0 Å². The van der Waals surface area contributed by atoms with E-state index >= 15 is 0 Å². The van der Waals surface area contributed by atoms with Crippen LogP contribution >= 0.6 is 0 Å². The molecule has 21 atom stereocenters. The molecule has 0 spiro atoms. The molecule has 558 valence electrons. The second-order valence-corrected chi connectivity index (χ2v) is 36.0. The lowest BCUT2D eigenvalue weighted by Crippen LogP contribution is -2.54. The van der Waals surface area contributed by atoms with Crippen molar-refractivity contribution in [3.8, 4) is 28.7 Å². The smallest absolute Gasteiger partial charge is 0.161 e. The van der Waals surface area contributed by atoms with Gasteiger partial charge in [0.25, 0.3) is 0 Å². The normalized spacial score (nSPS) is 36.5. The zero-order valence-electron chi connectivity index (χ0n) is 67.4. The maximum Gasteiger partial charge on any atom is 0.161 e. The van der Waals surface area contributed by atoms with Crippen molar-refractivity contribution < 1.29 is 43.5 Å². The standard InChI is InChI=1S/C21H32O.C19H26O2.C18H24O2.C18H22O2.C18H24O2/c1-13-14(2)21(6)11-10-16-12-17(22-7)8-9-18(16)19(21)15(3)20(13,4)5;1-11-13(3)19(4)9-8-14-10-15(21-5)6-7-16(14)17(19)12(2)18(11)20;1-11-12(2)18(3)8-7-13-9-14(20-4)5-6-15(13)16(18)10-17(11)19;1-11-10-18(3)8-7-13-9-14(20-4)5-6-15(13)16(18)12(2)17(11)19;1-11-9-16(19)12(2)17-15-6-5-14(20-4)10-13(15)7-8-18(11,17)3/h8-9,12-15,19H,10-11H2,1-7H3;6-7,10-13,17H,8-9H2,1-5H3;5-6,9-12,16,19H,7-8H2,1-4H3;5-6,9-10,12,16H,7-8H2,1-4H3;5-6,9-12,17,19H,7-8H2,1-4H3/p-2. The molecule has 0 saturated heterocycles. The number of ketones is 2. The molecule has 9 heteroatoms. The molecule has 5 aromatic rings. The summed E-state index contributed by atoms with van der Waals surface area (Å²) in [5, 5.41) is 24.5. The largest absolute Gasteiger partial charge is 0.875 e. The molecule has 9 nitrogen and oxygen atoms in total. The van der Waals surface area contributed by atoms with E-state index in [1.165, 1.54) is 69.3 Å². The first-order valence-electron chi connectivity index (χ1n) is 39.4.